The topological polar surface area (TPSA) is 6.25 Å². The highest BCUT2D eigenvalue weighted by Gasteiger charge is 2.35. The summed E-state index contributed by atoms with van der Waals surface area (Å²) in [5.74, 6) is 1.46. The van der Waals surface area contributed by atoms with E-state index in [0.717, 1.165) is 24.9 Å². The molecule has 2 fully saturated rings. The first-order chi connectivity index (χ1) is 21.2. The van der Waals surface area contributed by atoms with Crippen molar-refractivity contribution in [3.63, 3.8) is 0 Å². The van der Waals surface area contributed by atoms with Crippen molar-refractivity contribution in [1.82, 2.24) is 0 Å². The molecule has 2 heteroatoms. The molecule has 0 N–H and O–H groups in total. The number of aryl methyl sites for hydroxylation is 2. The van der Waals surface area contributed by atoms with E-state index in [1.807, 2.05) is 0 Å². The van der Waals surface area contributed by atoms with E-state index in [4.69, 9.17) is 0 Å². The van der Waals surface area contributed by atoms with Gasteiger partial charge in [-0.2, -0.15) is 0 Å². The van der Waals surface area contributed by atoms with Crippen molar-refractivity contribution in [1.29, 1.82) is 0 Å². The van der Waals surface area contributed by atoms with Crippen molar-refractivity contribution in [3.8, 4) is 33.4 Å². The Morgan fingerprint density at radius 2 is 1.12 bits per heavy atom. The van der Waals surface area contributed by atoms with Crippen molar-refractivity contribution in [3.05, 3.63) is 96.1 Å². The molecule has 0 saturated heterocycles. The second kappa shape index (κ2) is 12.5. The normalized spacial score (nSPS) is 17.6. The number of rotatable bonds is 6. The molecule has 4 aromatic rings. The van der Waals surface area contributed by atoms with E-state index < -0.39 is 0 Å². The highest BCUT2D eigenvalue weighted by atomic mass is 15.2. The molecule has 220 valence electrons. The van der Waals surface area contributed by atoms with Gasteiger partial charge in [-0.3, -0.25) is 0 Å². The van der Waals surface area contributed by atoms with Gasteiger partial charge in [0.15, 0.2) is 0 Å². The molecule has 0 aromatic heterocycles. The Balaban J connectivity index is 1.52. The van der Waals surface area contributed by atoms with Gasteiger partial charge < -0.3 is 0 Å². The van der Waals surface area contributed by atoms with Crippen LogP contribution >= 0.6 is 0 Å². The summed E-state index contributed by atoms with van der Waals surface area (Å²) in [5.41, 5.74) is 13.7. The third kappa shape index (κ3) is 5.69. The molecule has 0 unspecified atom stereocenters. The first kappa shape index (κ1) is 28.1. The van der Waals surface area contributed by atoms with E-state index >= 15 is 0 Å². The second-order valence-electron chi connectivity index (χ2n) is 13.5. The summed E-state index contributed by atoms with van der Waals surface area (Å²) in [5, 5.41) is 0. The van der Waals surface area contributed by atoms with Gasteiger partial charge in [-0.05, 0) is 85.8 Å². The third-order valence-electron chi connectivity index (χ3n) is 10.4. The van der Waals surface area contributed by atoms with Gasteiger partial charge in [0.05, 0.1) is 13.1 Å². The summed E-state index contributed by atoms with van der Waals surface area (Å²) in [6, 6.07) is 31.7. The van der Waals surface area contributed by atoms with Crippen LogP contribution in [0, 0.1) is 25.7 Å². The maximum atomic E-state index is 2.71. The lowest BCUT2D eigenvalue weighted by Gasteiger charge is -2.27. The lowest BCUT2D eigenvalue weighted by Crippen LogP contribution is -2.34. The summed E-state index contributed by atoms with van der Waals surface area (Å²) < 4.78 is 2.71. The molecule has 43 heavy (non-hydrogen) atoms. The molecule has 1 aliphatic heterocycles. The highest BCUT2D eigenvalue weighted by Crippen LogP contribution is 2.50. The summed E-state index contributed by atoms with van der Waals surface area (Å²) >= 11 is 0. The van der Waals surface area contributed by atoms with Crippen molar-refractivity contribution in [2.45, 2.75) is 78.1 Å². The Labute approximate surface area is 259 Å². The number of benzene rings is 4. The molecular formula is C41H47N2+. The monoisotopic (exact) mass is 567 g/mol. The van der Waals surface area contributed by atoms with E-state index in [1.165, 1.54) is 120 Å². The highest BCUT2D eigenvalue weighted by molar-refractivity contribution is 6.04. The van der Waals surface area contributed by atoms with E-state index in [-0.39, 0.29) is 0 Å². The lowest BCUT2D eigenvalue weighted by molar-refractivity contribution is -0.445. The van der Waals surface area contributed by atoms with Crippen LogP contribution < -0.4 is 4.90 Å². The molecular weight excluding hydrogens is 520 g/mol. The molecule has 7 rings (SSSR count). The van der Waals surface area contributed by atoms with Gasteiger partial charge >= 0.3 is 0 Å². The van der Waals surface area contributed by atoms with Crippen LogP contribution in [0.4, 0.5) is 11.4 Å². The average Bonchev–Trinajstić information content (AvgIpc) is 3.19. The molecule has 2 saturated carbocycles. The zero-order valence-corrected chi connectivity index (χ0v) is 26.2. The van der Waals surface area contributed by atoms with Gasteiger partial charge in [0.2, 0.25) is 6.34 Å². The Morgan fingerprint density at radius 3 is 1.74 bits per heavy atom. The zero-order chi connectivity index (χ0) is 29.2. The Kier molecular flexibility index (Phi) is 8.20. The molecule has 0 atom stereocenters. The standard InChI is InChI=1S/C41H47N2/c1-30-23-25-36(34-19-11-5-12-20-34)40-38(30)39-31(2)24-26-37(35-21-13-6-14-22-35)41(39)43(28-33-17-9-4-10-18-33)29-42(40)27-32-15-7-3-8-16-32/h5-6,11-14,19-26,29,32-33H,3-4,7-10,15-18,27-28H2,1-2H3/q+1. The van der Waals surface area contributed by atoms with Crippen LogP contribution in [0.3, 0.4) is 0 Å². The molecule has 3 aliphatic rings. The number of hydrogen-bond acceptors (Lipinski definition) is 1. The molecule has 0 spiro atoms. The first-order valence-electron chi connectivity index (χ1n) is 16.9. The predicted octanol–water partition coefficient (Wildman–Crippen LogP) is 11.0. The molecule has 0 amide bonds. The van der Waals surface area contributed by atoms with E-state index in [2.05, 4.69) is 115 Å². The van der Waals surface area contributed by atoms with Crippen LogP contribution in [0.25, 0.3) is 33.4 Å². The number of hydrogen-bond donors (Lipinski definition) is 0. The SMILES string of the molecule is Cc1ccc(-c2ccccc2)c2c1-c1c(C)ccc(-c3ccccc3)c1[N+](CC1CCCCC1)=CN2CC1CCCCC1. The van der Waals surface area contributed by atoms with E-state index in [9.17, 15) is 0 Å². The predicted molar refractivity (Wildman–Crippen MR) is 184 cm³/mol. The summed E-state index contributed by atoms with van der Waals surface area (Å²) in [6.45, 7) is 6.85. The zero-order valence-electron chi connectivity index (χ0n) is 26.2. The minimum atomic E-state index is 0.731. The Hall–Kier alpha value is -3.65. The van der Waals surface area contributed by atoms with Crippen molar-refractivity contribution in [2.24, 2.45) is 11.8 Å². The van der Waals surface area contributed by atoms with Crippen LogP contribution in [0.5, 0.6) is 0 Å². The molecule has 0 radical (unpaired) electrons. The average molecular weight is 568 g/mol. The molecule has 1 heterocycles. The van der Waals surface area contributed by atoms with Gasteiger partial charge in [-0.25, -0.2) is 9.48 Å². The van der Waals surface area contributed by atoms with Gasteiger partial charge in [-0.15, -0.1) is 0 Å². The third-order valence-corrected chi connectivity index (χ3v) is 10.4. The second-order valence-corrected chi connectivity index (χ2v) is 13.5. The fourth-order valence-corrected chi connectivity index (χ4v) is 8.17. The van der Waals surface area contributed by atoms with Crippen LogP contribution in [-0.2, 0) is 0 Å². The van der Waals surface area contributed by atoms with Crippen LogP contribution in [0.2, 0.25) is 0 Å². The molecule has 0 bridgehead atoms. The molecule has 4 aromatic carbocycles. The molecule has 2 aliphatic carbocycles. The van der Waals surface area contributed by atoms with Gasteiger partial charge in [-0.1, -0.05) is 111 Å². The minimum absolute atomic E-state index is 0.731. The van der Waals surface area contributed by atoms with E-state index in [1.54, 1.807) is 0 Å². The summed E-state index contributed by atoms with van der Waals surface area (Å²) in [4.78, 5) is 2.71. The lowest BCUT2D eigenvalue weighted by atomic mass is 9.85. The first-order valence-corrected chi connectivity index (χ1v) is 16.9. The Bertz CT molecular complexity index is 1590. The minimum Gasteiger partial charge on any atom is -0.232 e. The van der Waals surface area contributed by atoms with Crippen LogP contribution in [-0.4, -0.2) is 24.0 Å². The van der Waals surface area contributed by atoms with Crippen LogP contribution in [0.1, 0.15) is 75.3 Å². The maximum absolute atomic E-state index is 2.71. The maximum Gasteiger partial charge on any atom is 0.244 e. The Morgan fingerprint density at radius 1 is 0.581 bits per heavy atom. The quantitative estimate of drug-likeness (QED) is 0.210. The number of fused-ring (bicyclic) bond motifs is 3. The summed E-state index contributed by atoms with van der Waals surface area (Å²) in [7, 11) is 0. The summed E-state index contributed by atoms with van der Waals surface area (Å²) in [6.07, 6.45) is 16.2. The van der Waals surface area contributed by atoms with Gasteiger partial charge in [0.25, 0.3) is 0 Å². The van der Waals surface area contributed by atoms with Crippen molar-refractivity contribution < 1.29 is 4.58 Å². The van der Waals surface area contributed by atoms with Gasteiger partial charge in [0.1, 0.15) is 11.4 Å². The van der Waals surface area contributed by atoms with Gasteiger partial charge in [0, 0.05) is 22.3 Å². The smallest absolute Gasteiger partial charge is 0.232 e. The fraction of sp³-hybridized carbons (Fsp3) is 0.390. The number of nitrogens with zero attached hydrogens (tertiary/aromatic N) is 2. The number of anilines is 1. The fourth-order valence-electron chi connectivity index (χ4n) is 8.17. The van der Waals surface area contributed by atoms with Crippen molar-refractivity contribution in [2.75, 3.05) is 18.0 Å². The largest absolute Gasteiger partial charge is 0.244 e. The molecule has 2 nitrogen and oxygen atoms in total. The van der Waals surface area contributed by atoms with E-state index in [0.29, 0.717) is 0 Å². The van der Waals surface area contributed by atoms with Crippen LogP contribution in [0.15, 0.2) is 84.9 Å². The van der Waals surface area contributed by atoms with Crippen molar-refractivity contribution >= 4 is 17.7 Å².